The number of thioether (sulfide) groups is 1. The van der Waals surface area contributed by atoms with Crippen molar-refractivity contribution in [3.8, 4) is 0 Å². The van der Waals surface area contributed by atoms with Gasteiger partial charge in [-0.3, -0.25) is 0 Å². The first-order chi connectivity index (χ1) is 4.79. The van der Waals surface area contributed by atoms with Gasteiger partial charge in [0.15, 0.2) is 0 Å². The van der Waals surface area contributed by atoms with E-state index in [1.54, 1.807) is 0 Å². The zero-order chi connectivity index (χ0) is 7.40. The first-order valence-electron chi connectivity index (χ1n) is 3.80. The van der Waals surface area contributed by atoms with Gasteiger partial charge in [0.1, 0.15) is 0 Å². The predicted octanol–water partition coefficient (Wildman–Crippen LogP) is 1.99. The van der Waals surface area contributed by atoms with E-state index in [0.717, 1.165) is 18.0 Å². The molecule has 0 spiro atoms. The number of hydrogen-bond acceptors (Lipinski definition) is 2. The van der Waals surface area contributed by atoms with Crippen LogP contribution in [0.15, 0.2) is 12.3 Å². The van der Waals surface area contributed by atoms with E-state index in [1.165, 1.54) is 24.3 Å². The van der Waals surface area contributed by atoms with E-state index in [4.69, 9.17) is 5.73 Å². The fourth-order valence-electron chi connectivity index (χ4n) is 1.20. The lowest BCUT2D eigenvalue weighted by molar-refractivity contribution is 0.544. The summed E-state index contributed by atoms with van der Waals surface area (Å²) in [5.41, 5.74) is 6.31. The summed E-state index contributed by atoms with van der Waals surface area (Å²) in [5.74, 6) is 3.61. The highest BCUT2D eigenvalue weighted by molar-refractivity contribution is 7.99. The Morgan fingerprint density at radius 3 is 3.00 bits per heavy atom. The van der Waals surface area contributed by atoms with Crippen molar-refractivity contribution in [2.24, 2.45) is 11.7 Å². The molecule has 1 fully saturated rings. The minimum atomic E-state index is 0.844. The molecular formula is C8H15NS. The van der Waals surface area contributed by atoms with Crippen molar-refractivity contribution in [2.45, 2.75) is 19.3 Å². The summed E-state index contributed by atoms with van der Waals surface area (Å²) < 4.78 is 0. The van der Waals surface area contributed by atoms with Crippen LogP contribution in [0.4, 0.5) is 0 Å². The van der Waals surface area contributed by atoms with Crippen LogP contribution in [-0.2, 0) is 0 Å². The Hall–Kier alpha value is -0.110. The molecule has 1 rings (SSSR count). The molecule has 0 aliphatic carbocycles. The molecule has 10 heavy (non-hydrogen) atoms. The molecule has 0 aromatic rings. The molecule has 2 N–H and O–H groups in total. The summed E-state index contributed by atoms with van der Waals surface area (Å²) in [6, 6.07) is 0. The smallest absolute Gasteiger partial charge is 0.000755 e. The number of rotatable bonds is 3. The SMILES string of the molecule is C=C(N)CCC1CCSC1. The topological polar surface area (TPSA) is 26.0 Å². The Kier molecular flexibility index (Phi) is 3.13. The second kappa shape index (κ2) is 3.91. The van der Waals surface area contributed by atoms with Crippen molar-refractivity contribution in [1.82, 2.24) is 0 Å². The molecule has 0 radical (unpaired) electrons. The highest BCUT2D eigenvalue weighted by Crippen LogP contribution is 2.27. The average Bonchev–Trinajstić information content (AvgIpc) is 2.34. The van der Waals surface area contributed by atoms with Crippen molar-refractivity contribution >= 4 is 11.8 Å². The van der Waals surface area contributed by atoms with E-state index < -0.39 is 0 Å². The van der Waals surface area contributed by atoms with Crippen LogP contribution in [0, 0.1) is 5.92 Å². The normalized spacial score (nSPS) is 25.0. The van der Waals surface area contributed by atoms with E-state index >= 15 is 0 Å². The summed E-state index contributed by atoms with van der Waals surface area (Å²) in [5, 5.41) is 0. The van der Waals surface area contributed by atoms with Gasteiger partial charge in [0.05, 0.1) is 0 Å². The van der Waals surface area contributed by atoms with Gasteiger partial charge in [-0.1, -0.05) is 6.58 Å². The van der Waals surface area contributed by atoms with Crippen LogP contribution in [0.5, 0.6) is 0 Å². The fraction of sp³-hybridized carbons (Fsp3) is 0.750. The molecular weight excluding hydrogens is 142 g/mol. The Labute approximate surface area is 67.1 Å². The van der Waals surface area contributed by atoms with E-state index in [9.17, 15) is 0 Å². The van der Waals surface area contributed by atoms with Gasteiger partial charge in [-0.05, 0) is 36.7 Å². The Morgan fingerprint density at radius 2 is 2.50 bits per heavy atom. The molecule has 1 saturated heterocycles. The van der Waals surface area contributed by atoms with E-state index in [1.807, 2.05) is 0 Å². The predicted molar refractivity (Wildman–Crippen MR) is 48.0 cm³/mol. The molecule has 1 heterocycles. The van der Waals surface area contributed by atoms with Crippen LogP contribution in [0.3, 0.4) is 0 Å². The quantitative estimate of drug-likeness (QED) is 0.678. The van der Waals surface area contributed by atoms with Gasteiger partial charge in [0.2, 0.25) is 0 Å². The van der Waals surface area contributed by atoms with Crippen LogP contribution < -0.4 is 5.73 Å². The third kappa shape index (κ3) is 2.65. The summed E-state index contributed by atoms with van der Waals surface area (Å²) in [4.78, 5) is 0. The summed E-state index contributed by atoms with van der Waals surface area (Å²) in [7, 11) is 0. The van der Waals surface area contributed by atoms with Gasteiger partial charge in [-0.25, -0.2) is 0 Å². The Morgan fingerprint density at radius 1 is 1.70 bits per heavy atom. The molecule has 58 valence electrons. The van der Waals surface area contributed by atoms with Gasteiger partial charge >= 0.3 is 0 Å². The van der Waals surface area contributed by atoms with Crippen LogP contribution in [0.25, 0.3) is 0 Å². The van der Waals surface area contributed by atoms with Crippen LogP contribution >= 0.6 is 11.8 Å². The summed E-state index contributed by atoms with van der Waals surface area (Å²) in [6.45, 7) is 3.69. The lowest BCUT2D eigenvalue weighted by Crippen LogP contribution is -2.01. The molecule has 1 unspecified atom stereocenters. The first-order valence-corrected chi connectivity index (χ1v) is 4.95. The van der Waals surface area contributed by atoms with Crippen molar-refractivity contribution < 1.29 is 0 Å². The standard InChI is InChI=1S/C8H15NS/c1-7(9)2-3-8-4-5-10-6-8/h8H,1-6,9H2. The van der Waals surface area contributed by atoms with Gasteiger partial charge < -0.3 is 5.73 Å². The first kappa shape index (κ1) is 7.99. The van der Waals surface area contributed by atoms with Crippen LogP contribution in [0.2, 0.25) is 0 Å². The molecule has 0 saturated carbocycles. The fourth-order valence-corrected chi connectivity index (χ4v) is 2.53. The molecule has 0 bridgehead atoms. The van der Waals surface area contributed by atoms with E-state index in [-0.39, 0.29) is 0 Å². The molecule has 0 aromatic carbocycles. The maximum absolute atomic E-state index is 5.47. The van der Waals surface area contributed by atoms with E-state index in [0.29, 0.717) is 0 Å². The maximum atomic E-state index is 5.47. The molecule has 2 heteroatoms. The average molecular weight is 157 g/mol. The van der Waals surface area contributed by atoms with Gasteiger partial charge in [0.25, 0.3) is 0 Å². The largest absolute Gasteiger partial charge is 0.403 e. The second-order valence-electron chi connectivity index (χ2n) is 2.93. The van der Waals surface area contributed by atoms with Crippen molar-refractivity contribution in [3.63, 3.8) is 0 Å². The molecule has 1 nitrogen and oxygen atoms in total. The van der Waals surface area contributed by atoms with Gasteiger partial charge in [0, 0.05) is 5.70 Å². The Bertz CT molecular complexity index is 116. The van der Waals surface area contributed by atoms with Crippen molar-refractivity contribution in [1.29, 1.82) is 0 Å². The summed E-state index contributed by atoms with van der Waals surface area (Å²) in [6.07, 6.45) is 3.66. The zero-order valence-electron chi connectivity index (χ0n) is 6.31. The maximum Gasteiger partial charge on any atom is 0.000755 e. The van der Waals surface area contributed by atoms with Crippen LogP contribution in [0.1, 0.15) is 19.3 Å². The Balaban J connectivity index is 2.07. The molecule has 1 aliphatic rings. The second-order valence-corrected chi connectivity index (χ2v) is 4.08. The zero-order valence-corrected chi connectivity index (χ0v) is 7.12. The molecule has 0 amide bonds. The number of hydrogen-bond donors (Lipinski definition) is 1. The monoisotopic (exact) mass is 157 g/mol. The van der Waals surface area contributed by atoms with E-state index in [2.05, 4.69) is 18.3 Å². The summed E-state index contributed by atoms with van der Waals surface area (Å²) >= 11 is 2.06. The third-order valence-corrected chi connectivity index (χ3v) is 3.13. The van der Waals surface area contributed by atoms with Gasteiger partial charge in [-0.15, -0.1) is 0 Å². The number of allylic oxidation sites excluding steroid dienone is 1. The highest BCUT2D eigenvalue weighted by atomic mass is 32.2. The van der Waals surface area contributed by atoms with Crippen LogP contribution in [-0.4, -0.2) is 11.5 Å². The number of nitrogens with two attached hydrogens (primary N) is 1. The molecule has 0 aromatic heterocycles. The van der Waals surface area contributed by atoms with Crippen molar-refractivity contribution in [3.05, 3.63) is 12.3 Å². The van der Waals surface area contributed by atoms with Gasteiger partial charge in [-0.2, -0.15) is 11.8 Å². The lowest BCUT2D eigenvalue weighted by Gasteiger charge is -2.05. The minimum absolute atomic E-state index is 0.844. The minimum Gasteiger partial charge on any atom is -0.403 e. The highest BCUT2D eigenvalue weighted by Gasteiger charge is 2.14. The molecule has 1 aliphatic heterocycles. The third-order valence-electron chi connectivity index (χ3n) is 1.90. The van der Waals surface area contributed by atoms with Crippen molar-refractivity contribution in [2.75, 3.05) is 11.5 Å². The molecule has 1 atom stereocenters. The lowest BCUT2D eigenvalue weighted by atomic mass is 10.0.